The Morgan fingerprint density at radius 2 is 0.581 bits per heavy atom. The third-order valence-electron chi connectivity index (χ3n) is 2.84. The zero-order chi connectivity index (χ0) is 25.9. The molecule has 0 saturated heterocycles. The van der Waals surface area contributed by atoms with E-state index in [4.69, 9.17) is 0 Å². The molecule has 0 radical (unpaired) electrons. The van der Waals surface area contributed by atoms with Gasteiger partial charge in [-0.25, -0.2) is 33.7 Å². The molecule has 0 aromatic carbocycles. The lowest BCUT2D eigenvalue weighted by Crippen LogP contribution is -2.62. The van der Waals surface area contributed by atoms with Crippen LogP contribution in [0.4, 0.5) is 52.7 Å². The van der Waals surface area contributed by atoms with Gasteiger partial charge in [0.05, 0.1) is 0 Å². The van der Waals surface area contributed by atoms with Crippen molar-refractivity contribution in [1.29, 1.82) is 0 Å². The van der Waals surface area contributed by atoms with Crippen molar-refractivity contribution in [2.45, 2.75) is 27.4 Å². The van der Waals surface area contributed by atoms with Crippen LogP contribution in [0.15, 0.2) is 0 Å². The van der Waals surface area contributed by atoms with Crippen molar-refractivity contribution in [2.75, 3.05) is 10.2 Å². The molecule has 0 rings (SSSR count). The molecule has 0 fully saturated rings. The zero-order valence-electron chi connectivity index (χ0n) is 13.3. The first-order valence-corrected chi connectivity index (χ1v) is 12.7. The van der Waals surface area contributed by atoms with Crippen LogP contribution < -0.4 is 0 Å². The van der Waals surface area contributed by atoms with E-state index in [0.717, 1.165) is 0 Å². The molecule has 24 heteroatoms. The second-order valence-corrected chi connectivity index (χ2v) is 13.9. The summed E-state index contributed by atoms with van der Waals surface area (Å²) in [6.07, 6.45) is 0. The van der Waals surface area contributed by atoms with E-state index in [9.17, 15) is 86.4 Å². The average molecular weight is 572 g/mol. The van der Waals surface area contributed by atoms with Gasteiger partial charge < -0.3 is 0 Å². The minimum absolute atomic E-state index is 4.01. The first kappa shape index (κ1) is 30.0. The van der Waals surface area contributed by atoms with Crippen molar-refractivity contribution < 1.29 is 86.4 Å². The fraction of sp³-hybridized carbons (Fsp3) is 1.00. The standard InChI is InChI=1S/C7H4F12O8S4/c8-3(9,4(10,11)28(20,21)1-30(24,25)6(14,15)16)5(12,13)29(22,23)2-31(26,27)7(17,18)19/h1-2H2. The van der Waals surface area contributed by atoms with E-state index in [1.165, 1.54) is 0 Å². The van der Waals surface area contributed by atoms with Crippen LogP contribution in [0, 0.1) is 0 Å². The normalized spacial score (nSPS) is 16.4. The van der Waals surface area contributed by atoms with E-state index >= 15 is 0 Å². The van der Waals surface area contributed by atoms with Gasteiger partial charge in [-0.2, -0.15) is 52.7 Å². The minimum atomic E-state index is -7.96. The molecule has 0 saturated carbocycles. The minimum Gasteiger partial charge on any atom is -0.221 e. The maximum absolute atomic E-state index is 13.5. The van der Waals surface area contributed by atoms with Gasteiger partial charge in [-0.15, -0.1) is 0 Å². The predicted octanol–water partition coefficient (Wildman–Crippen LogP) is 1.42. The molecule has 31 heavy (non-hydrogen) atoms. The topological polar surface area (TPSA) is 137 Å². The largest absolute Gasteiger partial charge is 0.498 e. The number of halogens is 12. The van der Waals surface area contributed by atoms with Crippen LogP contribution in [0.3, 0.4) is 0 Å². The van der Waals surface area contributed by atoms with Gasteiger partial charge in [0.2, 0.25) is 19.7 Å². The molecule has 0 aliphatic carbocycles. The Hall–Kier alpha value is -1.04. The molecule has 0 spiro atoms. The van der Waals surface area contributed by atoms with Gasteiger partial charge in [0.15, 0.2) is 10.2 Å². The highest BCUT2D eigenvalue weighted by Crippen LogP contribution is 2.52. The molecule has 0 aliphatic rings. The lowest BCUT2D eigenvalue weighted by Gasteiger charge is -2.31. The predicted molar refractivity (Wildman–Crippen MR) is 72.4 cm³/mol. The summed E-state index contributed by atoms with van der Waals surface area (Å²) in [4.78, 5) is 0. The van der Waals surface area contributed by atoms with Crippen molar-refractivity contribution in [3.05, 3.63) is 0 Å². The van der Waals surface area contributed by atoms with E-state index < -0.39 is 77.0 Å². The molecule has 0 aromatic heterocycles. The molecule has 188 valence electrons. The molecule has 0 heterocycles. The molecule has 0 bridgehead atoms. The summed E-state index contributed by atoms with van der Waals surface area (Å²) in [7, 11) is -30.3. The van der Waals surface area contributed by atoms with Crippen LogP contribution in [0.25, 0.3) is 0 Å². The second kappa shape index (κ2) is 7.50. The smallest absolute Gasteiger partial charge is 0.221 e. The van der Waals surface area contributed by atoms with Gasteiger partial charge in [-0.05, 0) is 0 Å². The number of hydrogen-bond acceptors (Lipinski definition) is 8. The highest BCUT2D eigenvalue weighted by molar-refractivity contribution is 8.09. The summed E-state index contributed by atoms with van der Waals surface area (Å²) in [6, 6.07) is 0. The first-order valence-electron chi connectivity index (χ1n) is 6.07. The summed E-state index contributed by atoms with van der Waals surface area (Å²) >= 11 is 0. The lowest BCUT2D eigenvalue weighted by molar-refractivity contribution is -0.243. The van der Waals surface area contributed by atoms with E-state index in [1.807, 2.05) is 0 Å². The third-order valence-corrected chi connectivity index (χ3v) is 11.3. The lowest BCUT2D eigenvalue weighted by atomic mass is 10.3. The van der Waals surface area contributed by atoms with E-state index in [-0.39, 0.29) is 0 Å². The average Bonchev–Trinajstić information content (AvgIpc) is 2.41. The quantitative estimate of drug-likeness (QED) is 0.399. The Morgan fingerprint density at radius 3 is 0.742 bits per heavy atom. The van der Waals surface area contributed by atoms with E-state index in [2.05, 4.69) is 0 Å². The Kier molecular flexibility index (Phi) is 7.24. The molecule has 0 unspecified atom stereocenters. The van der Waals surface area contributed by atoms with Gasteiger partial charge in [-0.3, -0.25) is 0 Å². The third kappa shape index (κ3) is 4.99. The summed E-state index contributed by atoms with van der Waals surface area (Å²) in [5.74, 6) is -7.96. The highest BCUT2D eigenvalue weighted by Gasteiger charge is 2.82. The van der Waals surface area contributed by atoms with Crippen molar-refractivity contribution in [2.24, 2.45) is 0 Å². The zero-order valence-corrected chi connectivity index (χ0v) is 16.6. The molecular weight excluding hydrogens is 568 g/mol. The Morgan fingerprint density at radius 1 is 0.387 bits per heavy atom. The molecule has 0 atom stereocenters. The van der Waals surface area contributed by atoms with Crippen LogP contribution in [0.2, 0.25) is 0 Å². The van der Waals surface area contributed by atoms with Gasteiger partial charge >= 0.3 is 27.4 Å². The highest BCUT2D eigenvalue weighted by atomic mass is 32.3. The van der Waals surface area contributed by atoms with Crippen LogP contribution >= 0.6 is 0 Å². The van der Waals surface area contributed by atoms with Crippen molar-refractivity contribution in [1.82, 2.24) is 0 Å². The van der Waals surface area contributed by atoms with Crippen LogP contribution in [-0.2, 0) is 39.3 Å². The molecule has 0 aromatic rings. The Bertz CT molecular complexity index is 1030. The summed E-state index contributed by atoms with van der Waals surface area (Å²) in [6.45, 7) is 0. The SMILES string of the molecule is O=S(=O)(CS(=O)(=O)C(F)(F)C(F)(F)C(F)(F)S(=O)(=O)CS(=O)(=O)C(F)(F)F)C(F)(F)F. The fourth-order valence-corrected chi connectivity index (χ4v) is 7.87. The van der Waals surface area contributed by atoms with Gasteiger partial charge in [0, 0.05) is 0 Å². The van der Waals surface area contributed by atoms with Crippen molar-refractivity contribution in [3.63, 3.8) is 0 Å². The Labute approximate surface area is 163 Å². The monoisotopic (exact) mass is 572 g/mol. The number of alkyl halides is 12. The molecular formula is C7H4F12O8S4. The molecule has 0 N–H and O–H groups in total. The number of rotatable bonds is 8. The summed E-state index contributed by atoms with van der Waals surface area (Å²) in [5, 5.41) is -23.4. The van der Waals surface area contributed by atoms with Gasteiger partial charge in [0.25, 0.3) is 19.7 Å². The van der Waals surface area contributed by atoms with Crippen LogP contribution in [0.5, 0.6) is 0 Å². The molecule has 8 nitrogen and oxygen atoms in total. The van der Waals surface area contributed by atoms with Crippen LogP contribution in [-0.4, -0.2) is 71.3 Å². The maximum atomic E-state index is 13.5. The maximum Gasteiger partial charge on any atom is 0.498 e. The van der Waals surface area contributed by atoms with Crippen molar-refractivity contribution >= 4 is 39.3 Å². The molecule has 0 amide bonds. The Balaban J connectivity index is 6.63. The molecule has 0 aliphatic heterocycles. The van der Waals surface area contributed by atoms with Gasteiger partial charge in [0.1, 0.15) is 0 Å². The van der Waals surface area contributed by atoms with E-state index in [0.29, 0.717) is 0 Å². The van der Waals surface area contributed by atoms with Crippen molar-refractivity contribution in [3.8, 4) is 0 Å². The van der Waals surface area contributed by atoms with Crippen LogP contribution in [0.1, 0.15) is 0 Å². The summed E-state index contributed by atoms with van der Waals surface area (Å²) < 4.78 is 240. The van der Waals surface area contributed by atoms with E-state index in [1.54, 1.807) is 0 Å². The number of hydrogen-bond donors (Lipinski definition) is 0. The first-order chi connectivity index (χ1) is 12.9. The summed E-state index contributed by atoms with van der Waals surface area (Å²) in [5.41, 5.74) is -13.4. The fourth-order valence-electron chi connectivity index (χ4n) is 1.25. The van der Waals surface area contributed by atoms with Gasteiger partial charge in [-0.1, -0.05) is 0 Å². The number of sulfone groups is 4. The second-order valence-electron chi connectivity index (χ2n) is 5.19.